The van der Waals surface area contributed by atoms with E-state index in [1.165, 1.54) is 18.2 Å². The third kappa shape index (κ3) is 1.85. The molecule has 0 spiro atoms. The van der Waals surface area contributed by atoms with Crippen molar-refractivity contribution in [2.24, 2.45) is 0 Å². The van der Waals surface area contributed by atoms with Gasteiger partial charge in [-0.05, 0) is 30.2 Å². The number of aromatic hydroxyl groups is 2. The molecule has 0 amide bonds. The van der Waals surface area contributed by atoms with Gasteiger partial charge in [0.15, 0.2) is 0 Å². The standard InChI is InChI=1S/C8H10O3/c9-4-3-6-5-7(10)1-2-8(6)11/h1-2,5,9-11H,3-4H2. The molecule has 60 valence electrons. The van der Waals surface area contributed by atoms with Crippen LogP contribution in [0, 0.1) is 0 Å². The molecule has 0 aromatic heterocycles. The average Bonchev–Trinajstić information content (AvgIpc) is 1.98. The Balaban J connectivity index is 2.93. The van der Waals surface area contributed by atoms with Gasteiger partial charge in [0.2, 0.25) is 0 Å². The highest BCUT2D eigenvalue weighted by Gasteiger charge is 2.00. The first-order chi connectivity index (χ1) is 5.24. The molecular weight excluding hydrogens is 144 g/mol. The largest absolute Gasteiger partial charge is 0.508 e. The van der Waals surface area contributed by atoms with Crippen molar-refractivity contribution >= 4 is 0 Å². The van der Waals surface area contributed by atoms with Crippen molar-refractivity contribution in [2.75, 3.05) is 6.61 Å². The third-order valence-corrected chi connectivity index (χ3v) is 1.44. The van der Waals surface area contributed by atoms with E-state index >= 15 is 0 Å². The summed E-state index contributed by atoms with van der Waals surface area (Å²) in [6.07, 6.45) is 0.361. The lowest BCUT2D eigenvalue weighted by Gasteiger charge is -2.01. The maximum atomic E-state index is 9.14. The molecule has 0 radical (unpaired) electrons. The van der Waals surface area contributed by atoms with Gasteiger partial charge in [-0.2, -0.15) is 0 Å². The molecule has 0 aliphatic rings. The highest BCUT2D eigenvalue weighted by Crippen LogP contribution is 2.21. The van der Waals surface area contributed by atoms with Gasteiger partial charge in [-0.1, -0.05) is 0 Å². The molecule has 0 atom stereocenters. The van der Waals surface area contributed by atoms with Crippen LogP contribution >= 0.6 is 0 Å². The fraction of sp³-hybridized carbons (Fsp3) is 0.250. The van der Waals surface area contributed by atoms with Crippen molar-refractivity contribution in [3.05, 3.63) is 23.8 Å². The molecule has 3 nitrogen and oxygen atoms in total. The molecule has 0 unspecified atom stereocenters. The van der Waals surface area contributed by atoms with Gasteiger partial charge < -0.3 is 15.3 Å². The second-order valence-electron chi connectivity index (χ2n) is 2.29. The zero-order valence-corrected chi connectivity index (χ0v) is 5.99. The first-order valence-corrected chi connectivity index (χ1v) is 3.36. The number of benzene rings is 1. The lowest BCUT2D eigenvalue weighted by Crippen LogP contribution is -1.90. The minimum atomic E-state index is -0.0307. The molecule has 11 heavy (non-hydrogen) atoms. The highest BCUT2D eigenvalue weighted by atomic mass is 16.3. The molecule has 3 N–H and O–H groups in total. The number of phenolic OH excluding ortho intramolecular Hbond substituents is 2. The van der Waals surface area contributed by atoms with Gasteiger partial charge in [0, 0.05) is 6.61 Å². The van der Waals surface area contributed by atoms with E-state index in [0.29, 0.717) is 12.0 Å². The summed E-state index contributed by atoms with van der Waals surface area (Å²) in [6, 6.07) is 4.24. The van der Waals surface area contributed by atoms with E-state index in [9.17, 15) is 0 Å². The fourth-order valence-corrected chi connectivity index (χ4v) is 0.893. The second kappa shape index (κ2) is 3.25. The van der Waals surface area contributed by atoms with E-state index in [1.807, 2.05) is 0 Å². The lowest BCUT2D eigenvalue weighted by molar-refractivity contribution is 0.297. The van der Waals surface area contributed by atoms with Gasteiger partial charge in [0.1, 0.15) is 11.5 Å². The molecule has 0 aliphatic heterocycles. The quantitative estimate of drug-likeness (QED) is 0.547. The van der Waals surface area contributed by atoms with Crippen molar-refractivity contribution in [1.29, 1.82) is 0 Å². The van der Waals surface area contributed by atoms with Crippen LogP contribution in [0.2, 0.25) is 0 Å². The predicted molar refractivity (Wildman–Crippen MR) is 40.6 cm³/mol. The number of aliphatic hydroxyl groups excluding tert-OH is 1. The van der Waals surface area contributed by atoms with Crippen LogP contribution in [0.5, 0.6) is 11.5 Å². The van der Waals surface area contributed by atoms with Crippen molar-refractivity contribution in [2.45, 2.75) is 6.42 Å². The van der Waals surface area contributed by atoms with E-state index in [1.54, 1.807) is 0 Å². The number of hydrogen-bond donors (Lipinski definition) is 3. The van der Waals surface area contributed by atoms with Crippen molar-refractivity contribution in [1.82, 2.24) is 0 Å². The summed E-state index contributed by atoms with van der Waals surface area (Å²) in [5, 5.41) is 26.7. The Morgan fingerprint density at radius 3 is 2.55 bits per heavy atom. The first kappa shape index (κ1) is 7.88. The van der Waals surface area contributed by atoms with E-state index in [-0.39, 0.29) is 18.1 Å². The second-order valence-corrected chi connectivity index (χ2v) is 2.29. The van der Waals surface area contributed by atoms with Crippen LogP contribution in [0.4, 0.5) is 0 Å². The number of aliphatic hydroxyl groups is 1. The van der Waals surface area contributed by atoms with E-state index in [0.717, 1.165) is 0 Å². The molecule has 1 aromatic carbocycles. The molecule has 0 fully saturated rings. The van der Waals surface area contributed by atoms with Crippen LogP contribution in [-0.2, 0) is 6.42 Å². The number of phenols is 2. The van der Waals surface area contributed by atoms with Gasteiger partial charge in [-0.25, -0.2) is 0 Å². The molecule has 0 aliphatic carbocycles. The summed E-state index contributed by atoms with van der Waals surface area (Å²) in [5.74, 6) is 0.211. The highest BCUT2D eigenvalue weighted by molar-refractivity contribution is 5.38. The molecule has 1 rings (SSSR count). The summed E-state index contributed by atoms with van der Waals surface area (Å²) >= 11 is 0. The van der Waals surface area contributed by atoms with Crippen LogP contribution in [-0.4, -0.2) is 21.9 Å². The molecule has 3 heteroatoms. The van der Waals surface area contributed by atoms with E-state index < -0.39 is 0 Å². The van der Waals surface area contributed by atoms with Crippen LogP contribution in [0.3, 0.4) is 0 Å². The molecular formula is C8H10O3. The average molecular weight is 154 g/mol. The van der Waals surface area contributed by atoms with Crippen LogP contribution in [0.15, 0.2) is 18.2 Å². The van der Waals surface area contributed by atoms with Crippen molar-refractivity contribution in [3.63, 3.8) is 0 Å². The zero-order chi connectivity index (χ0) is 8.27. The minimum absolute atomic E-state index is 0.0307. The van der Waals surface area contributed by atoms with Gasteiger partial charge >= 0.3 is 0 Å². The monoisotopic (exact) mass is 154 g/mol. The predicted octanol–water partition coefficient (Wildman–Crippen LogP) is 0.633. The lowest BCUT2D eigenvalue weighted by atomic mass is 10.1. The Morgan fingerprint density at radius 2 is 1.91 bits per heavy atom. The van der Waals surface area contributed by atoms with Gasteiger partial charge in [0.05, 0.1) is 0 Å². The maximum Gasteiger partial charge on any atom is 0.119 e. The molecule has 0 heterocycles. The van der Waals surface area contributed by atoms with Crippen molar-refractivity contribution < 1.29 is 15.3 Å². The van der Waals surface area contributed by atoms with Gasteiger partial charge in [0.25, 0.3) is 0 Å². The van der Waals surface area contributed by atoms with Crippen LogP contribution in [0.25, 0.3) is 0 Å². The summed E-state index contributed by atoms with van der Waals surface area (Å²) < 4.78 is 0. The Morgan fingerprint density at radius 1 is 1.18 bits per heavy atom. The Bertz CT molecular complexity index is 245. The smallest absolute Gasteiger partial charge is 0.119 e. The minimum Gasteiger partial charge on any atom is -0.508 e. The molecule has 0 saturated carbocycles. The van der Waals surface area contributed by atoms with Gasteiger partial charge in [-0.3, -0.25) is 0 Å². The van der Waals surface area contributed by atoms with Crippen molar-refractivity contribution in [3.8, 4) is 11.5 Å². The Labute approximate surface area is 64.5 Å². The number of hydrogen-bond acceptors (Lipinski definition) is 3. The molecule has 0 bridgehead atoms. The fourth-order valence-electron chi connectivity index (χ4n) is 0.893. The maximum absolute atomic E-state index is 9.14. The summed E-state index contributed by atoms with van der Waals surface area (Å²) in [5.41, 5.74) is 0.563. The normalized spacial score (nSPS) is 9.91. The van der Waals surface area contributed by atoms with E-state index in [4.69, 9.17) is 15.3 Å². The Kier molecular flexibility index (Phi) is 2.33. The summed E-state index contributed by atoms with van der Waals surface area (Å²) in [4.78, 5) is 0. The molecule has 1 aromatic rings. The molecule has 0 saturated heterocycles. The number of rotatable bonds is 2. The van der Waals surface area contributed by atoms with Crippen LogP contribution in [0.1, 0.15) is 5.56 Å². The zero-order valence-electron chi connectivity index (χ0n) is 5.99. The third-order valence-electron chi connectivity index (χ3n) is 1.44. The topological polar surface area (TPSA) is 60.7 Å². The van der Waals surface area contributed by atoms with Gasteiger partial charge in [-0.15, -0.1) is 0 Å². The summed E-state index contributed by atoms with van der Waals surface area (Å²) in [7, 11) is 0. The Hall–Kier alpha value is -1.22. The summed E-state index contributed by atoms with van der Waals surface area (Å²) in [6.45, 7) is -0.0307. The van der Waals surface area contributed by atoms with E-state index in [2.05, 4.69) is 0 Å². The first-order valence-electron chi connectivity index (χ1n) is 3.36. The van der Waals surface area contributed by atoms with Crippen LogP contribution < -0.4 is 0 Å². The SMILES string of the molecule is OCCc1cc(O)ccc1O.